The number of benzene rings is 1. The zero-order valence-electron chi connectivity index (χ0n) is 20.7. The Hall–Kier alpha value is -3.28. The highest BCUT2D eigenvalue weighted by atomic mass is 32.2. The van der Waals surface area contributed by atoms with Gasteiger partial charge < -0.3 is 29.1 Å². The van der Waals surface area contributed by atoms with Crippen molar-refractivity contribution in [2.24, 2.45) is 0 Å². The lowest BCUT2D eigenvalue weighted by molar-refractivity contribution is -0.404. The van der Waals surface area contributed by atoms with Crippen LogP contribution in [0.3, 0.4) is 0 Å². The van der Waals surface area contributed by atoms with Crippen LogP contribution in [0.25, 0.3) is 11.0 Å². The summed E-state index contributed by atoms with van der Waals surface area (Å²) in [5.74, 6) is 3.61. The summed E-state index contributed by atoms with van der Waals surface area (Å²) >= 11 is 1.67. The number of ether oxygens (including phenoxy) is 1. The van der Waals surface area contributed by atoms with Crippen molar-refractivity contribution in [1.82, 2.24) is 15.5 Å². The van der Waals surface area contributed by atoms with Crippen molar-refractivity contribution in [2.75, 3.05) is 39.5 Å². The summed E-state index contributed by atoms with van der Waals surface area (Å²) < 4.78 is 16.7. The topological polar surface area (TPSA) is 123 Å². The number of aryl methyl sites for hydroxylation is 1. The molecular weight excluding hydrogens is 484 g/mol. The normalized spacial score (nSPS) is 11.8. The van der Waals surface area contributed by atoms with Gasteiger partial charge in [0, 0.05) is 24.2 Å². The smallest absolute Gasteiger partial charge is 0.341 e. The number of thioether (sulfide) groups is 1. The molecule has 0 fully saturated rings. The Balaban J connectivity index is 1.37. The van der Waals surface area contributed by atoms with E-state index in [2.05, 4.69) is 10.6 Å². The third-order valence-electron chi connectivity index (χ3n) is 5.01. The van der Waals surface area contributed by atoms with Gasteiger partial charge in [0.25, 0.3) is 6.20 Å². The molecular formula is C25H32N4O6S. The fraction of sp³-hybridized carbons (Fsp3) is 0.400. The third kappa shape index (κ3) is 9.06. The molecule has 0 aliphatic carbocycles. The summed E-state index contributed by atoms with van der Waals surface area (Å²) in [4.78, 5) is 24.6. The van der Waals surface area contributed by atoms with E-state index in [0.717, 1.165) is 46.7 Å². The number of rotatable bonds is 15. The highest BCUT2D eigenvalue weighted by Gasteiger charge is 2.07. The van der Waals surface area contributed by atoms with Gasteiger partial charge in [0.05, 0.1) is 36.0 Å². The molecule has 0 aliphatic heterocycles. The highest BCUT2D eigenvalue weighted by molar-refractivity contribution is 7.98. The van der Waals surface area contributed by atoms with Crippen LogP contribution in [-0.4, -0.2) is 49.4 Å². The van der Waals surface area contributed by atoms with Crippen LogP contribution in [0.2, 0.25) is 0 Å². The lowest BCUT2D eigenvalue weighted by Crippen LogP contribution is -2.31. The van der Waals surface area contributed by atoms with E-state index >= 15 is 0 Å². The molecule has 10 nitrogen and oxygen atoms in total. The zero-order valence-corrected chi connectivity index (χ0v) is 21.6. The Morgan fingerprint density at radius 3 is 2.69 bits per heavy atom. The van der Waals surface area contributed by atoms with Crippen LogP contribution in [0.4, 0.5) is 0 Å². The minimum absolute atomic E-state index is 0.0925. The fourth-order valence-corrected chi connectivity index (χ4v) is 4.16. The van der Waals surface area contributed by atoms with Crippen molar-refractivity contribution >= 4 is 22.7 Å². The predicted octanol–water partition coefficient (Wildman–Crippen LogP) is 3.46. The lowest BCUT2D eigenvalue weighted by atomic mass is 10.1. The summed E-state index contributed by atoms with van der Waals surface area (Å²) in [6.45, 7) is 3.95. The molecule has 11 heteroatoms. The van der Waals surface area contributed by atoms with Crippen LogP contribution < -0.4 is 16.3 Å². The maximum Gasteiger partial charge on any atom is 0.341 e. The molecule has 0 bridgehead atoms. The largest absolute Gasteiger partial charge is 0.464 e. The van der Waals surface area contributed by atoms with Gasteiger partial charge in [0.1, 0.15) is 17.1 Å². The van der Waals surface area contributed by atoms with E-state index < -0.39 is 10.5 Å². The molecule has 0 radical (unpaired) electrons. The minimum atomic E-state index is -0.513. The molecule has 2 aromatic heterocycles. The second-order valence-corrected chi connectivity index (χ2v) is 9.60. The molecule has 0 amide bonds. The predicted molar refractivity (Wildman–Crippen MR) is 140 cm³/mol. The molecule has 36 heavy (non-hydrogen) atoms. The number of nitrogens with zero attached hydrogens (tertiary/aromatic N) is 2. The van der Waals surface area contributed by atoms with Gasteiger partial charge in [-0.3, -0.25) is 10.1 Å². The number of nitrogens with one attached hydrogen (secondary N) is 2. The summed E-state index contributed by atoms with van der Waals surface area (Å²) in [6.07, 6.45) is 0.894. The number of hydrogen-bond acceptors (Lipinski definition) is 10. The van der Waals surface area contributed by atoms with Gasteiger partial charge in [-0.2, -0.15) is 11.8 Å². The van der Waals surface area contributed by atoms with Crippen molar-refractivity contribution in [3.05, 3.63) is 91.6 Å². The maximum absolute atomic E-state index is 12.2. The Labute approximate surface area is 213 Å². The number of nitro groups is 1. The van der Waals surface area contributed by atoms with Crippen molar-refractivity contribution < 1.29 is 18.5 Å². The molecule has 3 aromatic rings. The molecule has 0 unspecified atom stereocenters. The van der Waals surface area contributed by atoms with E-state index in [0.29, 0.717) is 30.1 Å². The second kappa shape index (κ2) is 13.7. The molecule has 0 atom stereocenters. The van der Waals surface area contributed by atoms with Crippen molar-refractivity contribution in [2.45, 2.75) is 25.8 Å². The van der Waals surface area contributed by atoms with E-state index in [4.69, 9.17) is 13.6 Å². The van der Waals surface area contributed by atoms with Gasteiger partial charge in [-0.25, -0.2) is 4.79 Å². The molecule has 3 rings (SSSR count). The fourth-order valence-electron chi connectivity index (χ4n) is 3.41. The highest BCUT2D eigenvalue weighted by Crippen LogP contribution is 2.17. The second-order valence-electron chi connectivity index (χ2n) is 8.49. The quantitative estimate of drug-likeness (QED) is 0.134. The first-order valence-corrected chi connectivity index (χ1v) is 12.7. The standard InChI is InChI=1S/C25H32N4O6S/c1-18-4-7-23-19(12-18)13-20(25(30)35-23)16-33-10-8-26-24(15-29(31)32)27-9-11-36-17-22-6-5-21(34-22)14-28(2)3/h4-7,12-13,15,26-27H,8-11,14,16-17H2,1-3H3. The first-order chi connectivity index (χ1) is 17.3. The molecule has 1 aromatic carbocycles. The molecule has 0 saturated carbocycles. The van der Waals surface area contributed by atoms with Crippen molar-refractivity contribution in [1.29, 1.82) is 0 Å². The Morgan fingerprint density at radius 1 is 1.14 bits per heavy atom. The zero-order chi connectivity index (χ0) is 25.9. The van der Waals surface area contributed by atoms with Crippen LogP contribution in [0.5, 0.6) is 0 Å². The molecule has 0 spiro atoms. The Morgan fingerprint density at radius 2 is 1.92 bits per heavy atom. The third-order valence-corrected chi connectivity index (χ3v) is 5.99. The average Bonchev–Trinajstić information content (AvgIpc) is 3.25. The Bertz CT molecular complexity index is 1240. The van der Waals surface area contributed by atoms with Crippen LogP contribution >= 0.6 is 11.8 Å². The lowest BCUT2D eigenvalue weighted by Gasteiger charge is -2.11. The van der Waals surface area contributed by atoms with Gasteiger partial charge >= 0.3 is 5.63 Å². The summed E-state index contributed by atoms with van der Waals surface area (Å²) in [7, 11) is 3.98. The van der Waals surface area contributed by atoms with Gasteiger partial charge in [0.2, 0.25) is 0 Å². The summed E-state index contributed by atoms with van der Waals surface area (Å²) in [5.41, 5.74) is 1.59. The first-order valence-electron chi connectivity index (χ1n) is 11.5. The summed E-state index contributed by atoms with van der Waals surface area (Å²) in [6, 6.07) is 11.3. The molecule has 0 aliphatic rings. The van der Waals surface area contributed by atoms with E-state index in [-0.39, 0.29) is 13.2 Å². The van der Waals surface area contributed by atoms with Crippen molar-refractivity contribution in [3.63, 3.8) is 0 Å². The average molecular weight is 517 g/mol. The van der Waals surface area contributed by atoms with Gasteiger partial charge in [0.15, 0.2) is 5.82 Å². The van der Waals surface area contributed by atoms with Gasteiger partial charge in [-0.05, 0) is 51.4 Å². The molecule has 2 N–H and O–H groups in total. The van der Waals surface area contributed by atoms with E-state index in [1.807, 2.05) is 50.2 Å². The van der Waals surface area contributed by atoms with E-state index in [1.165, 1.54) is 0 Å². The van der Waals surface area contributed by atoms with Crippen LogP contribution in [0.1, 0.15) is 22.6 Å². The number of furan rings is 1. The van der Waals surface area contributed by atoms with Crippen LogP contribution in [0, 0.1) is 17.0 Å². The number of hydrogen-bond donors (Lipinski definition) is 2. The minimum Gasteiger partial charge on any atom is -0.464 e. The van der Waals surface area contributed by atoms with E-state index in [9.17, 15) is 14.9 Å². The first kappa shape index (κ1) is 27.3. The molecule has 2 heterocycles. The monoisotopic (exact) mass is 516 g/mol. The Kier molecular flexibility index (Phi) is 10.4. The van der Waals surface area contributed by atoms with Crippen LogP contribution in [0.15, 0.2) is 62.0 Å². The van der Waals surface area contributed by atoms with Crippen LogP contribution in [-0.2, 0) is 23.6 Å². The molecule has 0 saturated heterocycles. The van der Waals surface area contributed by atoms with Gasteiger partial charge in [-0.1, -0.05) is 11.6 Å². The summed E-state index contributed by atoms with van der Waals surface area (Å²) in [5, 5.41) is 17.8. The molecule has 194 valence electrons. The maximum atomic E-state index is 12.2. The van der Waals surface area contributed by atoms with E-state index in [1.54, 1.807) is 23.9 Å². The number of fused-ring (bicyclic) bond motifs is 1. The van der Waals surface area contributed by atoms with Crippen molar-refractivity contribution in [3.8, 4) is 0 Å². The SMILES string of the molecule is Cc1ccc2oc(=O)c(COCCNC(=C[N+](=O)[O-])NCCSCc3ccc(CN(C)C)o3)cc2c1. The van der Waals surface area contributed by atoms with Gasteiger partial charge in [-0.15, -0.1) is 0 Å².